The number of rotatable bonds is 1. The fraction of sp³-hybridized carbons (Fsp3) is 0.222. The molecule has 0 saturated heterocycles. The molecule has 0 aliphatic rings. The number of aryl methyl sites for hydroxylation is 2. The molecule has 0 atom stereocenters. The molecule has 0 saturated carbocycles. The van der Waals surface area contributed by atoms with E-state index in [4.69, 9.17) is 5.11 Å². The number of aromatic nitrogens is 3. The fourth-order valence-corrected chi connectivity index (χ4v) is 1.56. The molecule has 0 aromatic carbocycles. The van der Waals surface area contributed by atoms with Gasteiger partial charge in [-0.3, -0.25) is 0 Å². The molecule has 0 aliphatic carbocycles. The zero-order chi connectivity index (χ0) is 10.3. The van der Waals surface area contributed by atoms with Crippen LogP contribution in [0.1, 0.15) is 21.6 Å². The maximum Gasteiger partial charge on any atom is 0.337 e. The predicted octanol–water partition coefficient (Wildman–Crippen LogP) is 1.04. The molecule has 2 heterocycles. The van der Waals surface area contributed by atoms with Crippen LogP contribution in [0.5, 0.6) is 0 Å². The van der Waals surface area contributed by atoms with Crippen LogP contribution in [0.4, 0.5) is 0 Å². The summed E-state index contributed by atoms with van der Waals surface area (Å²) in [4.78, 5) is 14.9. The SMILES string of the molecule is Cc1ncnn2cc(C(=O)O)c(C)c12.[Re]. The van der Waals surface area contributed by atoms with Gasteiger partial charge in [0, 0.05) is 26.6 Å². The van der Waals surface area contributed by atoms with Gasteiger partial charge in [0.2, 0.25) is 0 Å². The summed E-state index contributed by atoms with van der Waals surface area (Å²) in [5.41, 5.74) is 2.53. The Labute approximate surface area is 99.8 Å². The summed E-state index contributed by atoms with van der Waals surface area (Å²) in [6, 6.07) is 0. The van der Waals surface area contributed by atoms with Gasteiger partial charge in [-0.2, -0.15) is 5.10 Å². The molecule has 0 unspecified atom stereocenters. The van der Waals surface area contributed by atoms with E-state index in [1.807, 2.05) is 6.92 Å². The molecule has 5 nitrogen and oxygen atoms in total. The maximum absolute atomic E-state index is 10.8. The number of hydrogen-bond donors (Lipinski definition) is 1. The minimum Gasteiger partial charge on any atom is -0.478 e. The standard InChI is InChI=1S/C9H9N3O2.Re/c1-5-7(9(13)14)3-12-8(5)6(2)10-4-11-12;/h3-4H,1-2H3,(H,13,14);. The second kappa shape index (κ2) is 4.09. The Morgan fingerprint density at radius 2 is 2.13 bits per heavy atom. The van der Waals surface area contributed by atoms with E-state index in [9.17, 15) is 4.79 Å². The van der Waals surface area contributed by atoms with Gasteiger partial charge in [0.15, 0.2) is 0 Å². The minimum atomic E-state index is -0.938. The van der Waals surface area contributed by atoms with Gasteiger partial charge in [-0.05, 0) is 19.4 Å². The van der Waals surface area contributed by atoms with Gasteiger partial charge in [0.25, 0.3) is 0 Å². The average molecular weight is 377 g/mol. The first-order valence-electron chi connectivity index (χ1n) is 4.14. The van der Waals surface area contributed by atoms with Crippen molar-refractivity contribution in [1.82, 2.24) is 14.6 Å². The van der Waals surface area contributed by atoms with E-state index < -0.39 is 5.97 Å². The first-order valence-corrected chi connectivity index (χ1v) is 4.14. The Morgan fingerprint density at radius 3 is 2.67 bits per heavy atom. The Kier molecular flexibility index (Phi) is 3.22. The van der Waals surface area contributed by atoms with E-state index in [1.54, 1.807) is 11.4 Å². The van der Waals surface area contributed by atoms with Crippen LogP contribution in [-0.2, 0) is 20.4 Å². The average Bonchev–Trinajstić information content (AvgIpc) is 2.45. The molecule has 0 bridgehead atoms. The summed E-state index contributed by atoms with van der Waals surface area (Å²) in [6.45, 7) is 3.59. The monoisotopic (exact) mass is 378 g/mol. The predicted molar refractivity (Wildman–Crippen MR) is 49.4 cm³/mol. The molecule has 1 N–H and O–H groups in total. The second-order valence-corrected chi connectivity index (χ2v) is 3.11. The van der Waals surface area contributed by atoms with Crippen molar-refractivity contribution in [2.45, 2.75) is 13.8 Å². The Bertz CT molecular complexity index is 521. The van der Waals surface area contributed by atoms with Crippen LogP contribution >= 0.6 is 0 Å². The van der Waals surface area contributed by atoms with Gasteiger partial charge >= 0.3 is 5.97 Å². The van der Waals surface area contributed by atoms with E-state index in [-0.39, 0.29) is 26.0 Å². The van der Waals surface area contributed by atoms with E-state index in [1.165, 1.54) is 12.5 Å². The molecular formula is C9H9N3O2Re. The van der Waals surface area contributed by atoms with Crippen molar-refractivity contribution in [2.75, 3.05) is 0 Å². The molecule has 2 aromatic heterocycles. The van der Waals surface area contributed by atoms with E-state index >= 15 is 0 Å². The van der Waals surface area contributed by atoms with Crippen molar-refractivity contribution in [3.8, 4) is 0 Å². The molecule has 0 spiro atoms. The van der Waals surface area contributed by atoms with Crippen LogP contribution in [0.25, 0.3) is 5.52 Å². The van der Waals surface area contributed by atoms with Crippen LogP contribution in [0.3, 0.4) is 0 Å². The quantitative estimate of drug-likeness (QED) is 0.807. The van der Waals surface area contributed by atoms with E-state index in [0.29, 0.717) is 5.56 Å². The largest absolute Gasteiger partial charge is 0.478 e. The van der Waals surface area contributed by atoms with E-state index in [2.05, 4.69) is 10.1 Å². The van der Waals surface area contributed by atoms with Crippen molar-refractivity contribution < 1.29 is 30.3 Å². The van der Waals surface area contributed by atoms with Crippen LogP contribution in [0, 0.1) is 13.8 Å². The summed E-state index contributed by atoms with van der Waals surface area (Å²) in [5.74, 6) is -0.938. The van der Waals surface area contributed by atoms with Crippen molar-refractivity contribution in [1.29, 1.82) is 0 Å². The van der Waals surface area contributed by atoms with Gasteiger partial charge in [-0.15, -0.1) is 0 Å². The van der Waals surface area contributed by atoms with Crippen LogP contribution in [0.2, 0.25) is 0 Å². The van der Waals surface area contributed by atoms with Gasteiger partial charge in [-0.25, -0.2) is 14.3 Å². The fourth-order valence-electron chi connectivity index (χ4n) is 1.56. The zero-order valence-electron chi connectivity index (χ0n) is 8.23. The number of carboxylic acid groups (broad SMARTS) is 1. The van der Waals surface area contributed by atoms with Gasteiger partial charge in [-0.1, -0.05) is 0 Å². The summed E-state index contributed by atoms with van der Waals surface area (Å²) in [7, 11) is 0. The summed E-state index contributed by atoms with van der Waals surface area (Å²) >= 11 is 0. The molecule has 15 heavy (non-hydrogen) atoms. The van der Waals surface area contributed by atoms with Gasteiger partial charge in [0.1, 0.15) is 6.33 Å². The van der Waals surface area contributed by atoms with Crippen molar-refractivity contribution in [3.05, 3.63) is 29.3 Å². The summed E-state index contributed by atoms with van der Waals surface area (Å²) in [5, 5.41) is 12.8. The van der Waals surface area contributed by atoms with Gasteiger partial charge < -0.3 is 5.11 Å². The van der Waals surface area contributed by atoms with E-state index in [0.717, 1.165) is 11.2 Å². The number of carbonyl (C=O) groups is 1. The third kappa shape index (κ3) is 1.78. The number of carboxylic acids is 1. The maximum atomic E-state index is 10.8. The topological polar surface area (TPSA) is 67.5 Å². The molecule has 0 fully saturated rings. The first-order chi connectivity index (χ1) is 6.61. The third-order valence-electron chi connectivity index (χ3n) is 2.24. The van der Waals surface area contributed by atoms with Crippen LogP contribution in [0.15, 0.2) is 12.5 Å². The molecular weight excluding hydrogens is 368 g/mol. The van der Waals surface area contributed by atoms with Crippen molar-refractivity contribution in [2.24, 2.45) is 0 Å². The van der Waals surface area contributed by atoms with Crippen molar-refractivity contribution >= 4 is 11.5 Å². The molecule has 0 amide bonds. The molecule has 2 aromatic rings. The Morgan fingerprint density at radius 1 is 1.47 bits per heavy atom. The van der Waals surface area contributed by atoms with Gasteiger partial charge in [0.05, 0.1) is 16.8 Å². The van der Waals surface area contributed by atoms with Crippen molar-refractivity contribution in [3.63, 3.8) is 0 Å². The minimum absolute atomic E-state index is 0. The molecule has 2 rings (SSSR count). The second-order valence-electron chi connectivity index (χ2n) is 3.11. The third-order valence-corrected chi connectivity index (χ3v) is 2.24. The zero-order valence-corrected chi connectivity index (χ0v) is 10.9. The Balaban J connectivity index is 0.00000112. The normalized spacial score (nSPS) is 10.0. The molecule has 6 heteroatoms. The summed E-state index contributed by atoms with van der Waals surface area (Å²) in [6.07, 6.45) is 2.91. The number of nitrogens with zero attached hydrogens (tertiary/aromatic N) is 3. The van der Waals surface area contributed by atoms with Crippen LogP contribution < -0.4 is 0 Å². The smallest absolute Gasteiger partial charge is 0.337 e. The molecule has 1 radical (unpaired) electrons. The first kappa shape index (κ1) is 11.8. The molecule has 79 valence electrons. The number of aromatic carboxylic acids is 1. The number of hydrogen-bond acceptors (Lipinski definition) is 3. The summed E-state index contributed by atoms with van der Waals surface area (Å²) < 4.78 is 1.54. The molecule has 0 aliphatic heterocycles. The van der Waals surface area contributed by atoms with Crippen LogP contribution in [-0.4, -0.2) is 25.7 Å². The number of fused-ring (bicyclic) bond motifs is 1. The Hall–Kier alpha value is -1.25.